The first-order valence-corrected chi connectivity index (χ1v) is 10.8. The lowest BCUT2D eigenvalue weighted by atomic mass is 9.90. The zero-order valence-corrected chi connectivity index (χ0v) is 17.7. The molecule has 0 aromatic carbocycles. The number of amides is 1. The quantitative estimate of drug-likeness (QED) is 0.795. The predicted molar refractivity (Wildman–Crippen MR) is 104 cm³/mol. The van der Waals surface area contributed by atoms with Gasteiger partial charge in [-0.1, -0.05) is 0 Å². The summed E-state index contributed by atoms with van der Waals surface area (Å²) in [5, 5.41) is 6.19. The molecule has 2 bridgehead atoms. The van der Waals surface area contributed by atoms with Crippen molar-refractivity contribution < 1.29 is 22.5 Å². The van der Waals surface area contributed by atoms with E-state index in [-0.39, 0.29) is 35.5 Å². The molecule has 4 rings (SSSR count). The topological polar surface area (TPSA) is 74.5 Å². The van der Waals surface area contributed by atoms with E-state index in [0.717, 1.165) is 51.6 Å². The lowest BCUT2D eigenvalue weighted by Crippen LogP contribution is -2.53. The van der Waals surface area contributed by atoms with Crippen LogP contribution in [0.25, 0.3) is 0 Å². The first-order valence-electron chi connectivity index (χ1n) is 10.8. The molecule has 2 atom stereocenters. The maximum absolute atomic E-state index is 12.8. The number of anilines is 1. The lowest BCUT2D eigenvalue weighted by Gasteiger charge is -2.44. The van der Waals surface area contributed by atoms with E-state index in [1.165, 1.54) is 0 Å². The summed E-state index contributed by atoms with van der Waals surface area (Å²) in [6.45, 7) is 7.73. The second-order valence-electron chi connectivity index (χ2n) is 9.87. The smallest absolute Gasteiger partial charge is 0.351 e. The van der Waals surface area contributed by atoms with Crippen LogP contribution in [-0.4, -0.2) is 57.7 Å². The van der Waals surface area contributed by atoms with E-state index in [0.29, 0.717) is 6.04 Å². The van der Waals surface area contributed by atoms with Crippen molar-refractivity contribution in [2.24, 2.45) is 5.92 Å². The Balaban J connectivity index is 1.34. The first-order chi connectivity index (χ1) is 14.0. The van der Waals surface area contributed by atoms with Gasteiger partial charge in [0.1, 0.15) is 0 Å². The number of likely N-dealkylation sites (tertiary alicyclic amines) is 1. The van der Waals surface area contributed by atoms with E-state index in [4.69, 9.17) is 4.52 Å². The van der Waals surface area contributed by atoms with Crippen LogP contribution in [0, 0.1) is 5.92 Å². The van der Waals surface area contributed by atoms with Crippen LogP contribution in [0.5, 0.6) is 0 Å². The number of carbonyl (C=O) groups excluding carboxylic acids is 1. The summed E-state index contributed by atoms with van der Waals surface area (Å²) in [7, 11) is 0. The van der Waals surface area contributed by atoms with Gasteiger partial charge < -0.3 is 19.6 Å². The summed E-state index contributed by atoms with van der Waals surface area (Å²) in [5.74, 6) is -1.03. The molecule has 0 radical (unpaired) electrons. The third-order valence-electron chi connectivity index (χ3n) is 6.51. The molecule has 30 heavy (non-hydrogen) atoms. The van der Waals surface area contributed by atoms with Gasteiger partial charge in [-0.15, -0.1) is 0 Å². The van der Waals surface area contributed by atoms with Crippen molar-refractivity contribution in [3.63, 3.8) is 0 Å². The highest BCUT2D eigenvalue weighted by Gasteiger charge is 2.46. The van der Waals surface area contributed by atoms with Crippen molar-refractivity contribution in [2.75, 3.05) is 18.0 Å². The largest absolute Gasteiger partial charge is 0.455 e. The van der Waals surface area contributed by atoms with Gasteiger partial charge in [0, 0.05) is 29.6 Å². The molecule has 3 aliphatic heterocycles. The van der Waals surface area contributed by atoms with Crippen LogP contribution >= 0.6 is 0 Å². The summed E-state index contributed by atoms with van der Waals surface area (Å²) in [6.07, 6.45) is 0.692. The normalized spacial score (nSPS) is 28.7. The standard InChI is InChI=1S/C20H30F3N5O2/c1-19(2,3)25-16(29)12-6-8-27(9-7-12)15-10-13-4-5-14(11-15)28(13)18-24-17(26-30-18)20(21,22)23/h12-15H,4-11H2,1-3H3,(H,25,29). The number of nitrogens with one attached hydrogen (secondary N) is 1. The molecule has 4 heterocycles. The third-order valence-corrected chi connectivity index (χ3v) is 6.51. The Labute approximate surface area is 174 Å². The number of hydrogen-bond acceptors (Lipinski definition) is 6. The Bertz CT molecular complexity index is 753. The minimum atomic E-state index is -4.59. The molecule has 2 unspecified atom stereocenters. The molecule has 1 aromatic rings. The molecular weight excluding hydrogens is 399 g/mol. The fourth-order valence-electron chi connectivity index (χ4n) is 5.19. The van der Waals surface area contributed by atoms with Gasteiger partial charge in [0.2, 0.25) is 5.91 Å². The van der Waals surface area contributed by atoms with Gasteiger partial charge in [0.15, 0.2) is 0 Å². The summed E-state index contributed by atoms with van der Waals surface area (Å²) in [4.78, 5) is 20.4. The van der Waals surface area contributed by atoms with Crippen LogP contribution in [0.2, 0.25) is 0 Å². The number of alkyl halides is 3. The summed E-state index contributed by atoms with van der Waals surface area (Å²) >= 11 is 0. The van der Waals surface area contributed by atoms with E-state index in [1.54, 1.807) is 0 Å². The van der Waals surface area contributed by atoms with Crippen molar-refractivity contribution in [2.45, 2.75) is 89.1 Å². The van der Waals surface area contributed by atoms with Gasteiger partial charge in [-0.05, 0) is 77.5 Å². The Kier molecular flexibility index (Phi) is 5.48. The van der Waals surface area contributed by atoms with E-state index >= 15 is 0 Å². The van der Waals surface area contributed by atoms with Crippen molar-refractivity contribution in [1.29, 1.82) is 0 Å². The zero-order valence-electron chi connectivity index (χ0n) is 17.7. The van der Waals surface area contributed by atoms with Gasteiger partial charge >= 0.3 is 12.2 Å². The molecule has 7 nitrogen and oxygen atoms in total. The van der Waals surface area contributed by atoms with Gasteiger partial charge in [0.05, 0.1) is 0 Å². The molecule has 1 amide bonds. The molecule has 3 fully saturated rings. The fraction of sp³-hybridized carbons (Fsp3) is 0.850. The number of nitrogens with zero attached hydrogens (tertiary/aromatic N) is 4. The average molecular weight is 429 g/mol. The molecule has 10 heteroatoms. The van der Waals surface area contributed by atoms with Gasteiger partial charge in [-0.3, -0.25) is 4.79 Å². The van der Waals surface area contributed by atoms with Crippen LogP contribution in [0.1, 0.15) is 65.1 Å². The van der Waals surface area contributed by atoms with Crippen LogP contribution < -0.4 is 10.2 Å². The molecule has 3 aliphatic rings. The Morgan fingerprint density at radius 3 is 2.13 bits per heavy atom. The monoisotopic (exact) mass is 429 g/mol. The zero-order chi connectivity index (χ0) is 21.7. The number of carbonyl (C=O) groups is 1. The Morgan fingerprint density at radius 1 is 1.03 bits per heavy atom. The van der Waals surface area contributed by atoms with Crippen molar-refractivity contribution >= 4 is 11.9 Å². The van der Waals surface area contributed by atoms with Gasteiger partial charge in [0.25, 0.3) is 5.82 Å². The van der Waals surface area contributed by atoms with E-state index in [1.807, 2.05) is 25.7 Å². The van der Waals surface area contributed by atoms with Crippen molar-refractivity contribution in [3.05, 3.63) is 5.82 Å². The number of hydrogen-bond donors (Lipinski definition) is 1. The molecule has 168 valence electrons. The van der Waals surface area contributed by atoms with E-state index in [9.17, 15) is 18.0 Å². The average Bonchev–Trinajstić information content (AvgIpc) is 3.22. The molecule has 0 saturated carbocycles. The van der Waals surface area contributed by atoms with Crippen LogP contribution in [-0.2, 0) is 11.0 Å². The van der Waals surface area contributed by atoms with Gasteiger partial charge in [-0.2, -0.15) is 18.2 Å². The SMILES string of the molecule is CC(C)(C)NC(=O)C1CCN(C2CC3CCC(C2)N3c2nc(C(F)(F)F)no2)CC1. The second-order valence-corrected chi connectivity index (χ2v) is 9.87. The second kappa shape index (κ2) is 7.69. The number of halogens is 3. The number of fused-ring (bicyclic) bond motifs is 2. The lowest BCUT2D eigenvalue weighted by molar-refractivity contribution is -0.146. The summed E-state index contributed by atoms with van der Waals surface area (Å²) in [5.41, 5.74) is -0.221. The number of piperidine rings is 2. The minimum absolute atomic E-state index is 0.00849. The molecular formula is C20H30F3N5O2. The van der Waals surface area contributed by atoms with Crippen LogP contribution in [0.3, 0.4) is 0 Å². The Morgan fingerprint density at radius 2 is 1.63 bits per heavy atom. The predicted octanol–water partition coefficient (Wildman–Crippen LogP) is 3.21. The van der Waals surface area contributed by atoms with Crippen LogP contribution in [0.15, 0.2) is 4.52 Å². The van der Waals surface area contributed by atoms with Crippen molar-refractivity contribution in [3.8, 4) is 0 Å². The molecule has 3 saturated heterocycles. The number of rotatable bonds is 3. The fourth-order valence-corrected chi connectivity index (χ4v) is 5.19. The summed E-state index contributed by atoms with van der Waals surface area (Å²) < 4.78 is 43.4. The molecule has 0 aliphatic carbocycles. The number of aromatic nitrogens is 2. The van der Waals surface area contributed by atoms with Crippen LogP contribution in [0.4, 0.5) is 19.2 Å². The first kappa shape index (κ1) is 21.4. The molecule has 1 aromatic heterocycles. The molecule has 1 N–H and O–H groups in total. The molecule has 0 spiro atoms. The summed E-state index contributed by atoms with van der Waals surface area (Å²) in [6, 6.07) is 0.621. The minimum Gasteiger partial charge on any atom is -0.351 e. The highest BCUT2D eigenvalue weighted by molar-refractivity contribution is 5.79. The van der Waals surface area contributed by atoms with E-state index < -0.39 is 12.0 Å². The van der Waals surface area contributed by atoms with Crippen molar-refractivity contribution in [1.82, 2.24) is 20.4 Å². The Hall–Kier alpha value is -1.84. The third kappa shape index (κ3) is 4.43. The van der Waals surface area contributed by atoms with E-state index in [2.05, 4.69) is 20.4 Å². The highest BCUT2D eigenvalue weighted by Crippen LogP contribution is 2.41. The highest BCUT2D eigenvalue weighted by atomic mass is 19.4. The maximum atomic E-state index is 12.8. The maximum Gasteiger partial charge on any atom is 0.455 e. The van der Waals surface area contributed by atoms with Gasteiger partial charge in [-0.25, -0.2) is 0 Å².